The van der Waals surface area contributed by atoms with Crippen LogP contribution in [0.5, 0.6) is 11.5 Å². The zero-order valence-corrected chi connectivity index (χ0v) is 25.8. The van der Waals surface area contributed by atoms with Crippen LogP contribution in [0.15, 0.2) is 58.5 Å². The van der Waals surface area contributed by atoms with Gasteiger partial charge < -0.3 is 23.8 Å². The molecule has 10 nitrogen and oxygen atoms in total. The van der Waals surface area contributed by atoms with E-state index in [1.54, 1.807) is 31.1 Å². The molecular formula is C34H34N2O8. The summed E-state index contributed by atoms with van der Waals surface area (Å²) in [4.78, 5) is 58.9. The number of benzene rings is 2. The summed E-state index contributed by atoms with van der Waals surface area (Å²) in [6.45, 7) is 5.69. The summed E-state index contributed by atoms with van der Waals surface area (Å²) in [5.74, 6) is -1.45. The first-order valence-electron chi connectivity index (χ1n) is 14.3. The Labute approximate surface area is 255 Å². The number of piperazine rings is 1. The van der Waals surface area contributed by atoms with Gasteiger partial charge in [0, 0.05) is 22.4 Å². The van der Waals surface area contributed by atoms with Crippen LogP contribution in [0.1, 0.15) is 40.8 Å². The molecule has 3 heterocycles. The van der Waals surface area contributed by atoms with Gasteiger partial charge in [-0.3, -0.25) is 24.1 Å². The van der Waals surface area contributed by atoms with Crippen molar-refractivity contribution in [1.82, 2.24) is 9.80 Å². The third-order valence-electron chi connectivity index (χ3n) is 9.23. The van der Waals surface area contributed by atoms with Crippen molar-refractivity contribution in [2.24, 2.45) is 0 Å². The van der Waals surface area contributed by atoms with E-state index < -0.39 is 41.4 Å². The summed E-state index contributed by atoms with van der Waals surface area (Å²) in [7, 11) is 6.06. The van der Waals surface area contributed by atoms with E-state index in [0.717, 1.165) is 22.3 Å². The number of ketones is 3. The average molecular weight is 599 g/mol. The van der Waals surface area contributed by atoms with Crippen LogP contribution < -0.4 is 9.47 Å². The van der Waals surface area contributed by atoms with Crippen LogP contribution in [0.3, 0.4) is 0 Å². The molecule has 3 atom stereocenters. The normalized spacial score (nSPS) is 22.9. The van der Waals surface area contributed by atoms with Gasteiger partial charge in [0.1, 0.15) is 0 Å². The van der Waals surface area contributed by atoms with Crippen LogP contribution in [-0.2, 0) is 35.3 Å². The fourth-order valence-corrected chi connectivity index (χ4v) is 7.01. The number of methoxy groups -OCH3 is 3. The lowest BCUT2D eigenvalue weighted by Crippen LogP contribution is -2.67. The molecule has 1 saturated heterocycles. The first kappa shape index (κ1) is 29.5. The molecule has 6 rings (SSSR count). The van der Waals surface area contributed by atoms with Crippen molar-refractivity contribution in [2.45, 2.75) is 45.5 Å². The number of Topliss-reactive ketones (excluding diaryl/α,β-unsaturated/α-hetero) is 3. The highest BCUT2D eigenvalue weighted by molar-refractivity contribution is 6.39. The standard InChI is InChI=1S/C34H34N2O8/c1-16-17(2)32(42-6)33(43-7)23-20(16)13-21-26-24-25(28(37)18(3)31(41-5)30(24)39)29(38)27(35(26)4)34(40)36(21)22(23)15-44-14-19-11-9-8-10-12-19/h8-13,22,26-27H,14-15H2,1-7H3/t22-,26?,27?/m0/s1. The molecular weight excluding hydrogens is 564 g/mol. The molecule has 1 amide bonds. The number of allylic oxidation sites excluding steroid dienone is 2. The van der Waals surface area contributed by atoms with Crippen molar-refractivity contribution in [2.75, 3.05) is 35.0 Å². The Bertz CT molecular complexity index is 1740. The molecule has 1 aliphatic carbocycles. The van der Waals surface area contributed by atoms with Gasteiger partial charge in [-0.05, 0) is 56.1 Å². The molecule has 1 fully saturated rings. The summed E-state index contributed by atoms with van der Waals surface area (Å²) in [5, 5.41) is 0. The highest BCUT2D eigenvalue weighted by Crippen LogP contribution is 2.52. The molecule has 3 aliphatic heterocycles. The quantitative estimate of drug-likeness (QED) is 0.269. The van der Waals surface area contributed by atoms with Crippen LogP contribution >= 0.6 is 0 Å². The van der Waals surface area contributed by atoms with Gasteiger partial charge in [0.15, 0.2) is 34.9 Å². The second-order valence-electron chi connectivity index (χ2n) is 11.4. The van der Waals surface area contributed by atoms with Gasteiger partial charge in [-0.2, -0.15) is 0 Å². The predicted molar refractivity (Wildman–Crippen MR) is 160 cm³/mol. The molecule has 0 aromatic heterocycles. The van der Waals surface area contributed by atoms with Crippen molar-refractivity contribution < 1.29 is 38.1 Å². The Morgan fingerprint density at radius 1 is 0.818 bits per heavy atom. The molecule has 228 valence electrons. The number of amides is 1. The molecule has 2 aromatic rings. The van der Waals surface area contributed by atoms with Gasteiger partial charge >= 0.3 is 0 Å². The third-order valence-corrected chi connectivity index (χ3v) is 9.23. The molecule has 2 bridgehead atoms. The van der Waals surface area contributed by atoms with Crippen LogP contribution in [0.2, 0.25) is 0 Å². The fourth-order valence-electron chi connectivity index (χ4n) is 7.01. The zero-order chi connectivity index (χ0) is 31.6. The number of carbonyl (C=O) groups is 4. The van der Waals surface area contributed by atoms with Crippen LogP contribution in [0.25, 0.3) is 6.08 Å². The van der Waals surface area contributed by atoms with E-state index in [4.69, 9.17) is 18.9 Å². The number of hydrogen-bond acceptors (Lipinski definition) is 9. The van der Waals surface area contributed by atoms with Gasteiger partial charge in [0.05, 0.1) is 52.2 Å². The smallest absolute Gasteiger partial charge is 0.252 e. The molecule has 4 aliphatic rings. The molecule has 0 N–H and O–H groups in total. The minimum Gasteiger partial charge on any atom is -0.493 e. The SMILES string of the molecule is COC1=C(C)C(=O)C2=C(C1=O)C1C3=Cc4c(C)c(C)c(OC)c(OC)c4[C@H](COCc4ccccc4)N3C(=O)C(C2=O)N1C. The van der Waals surface area contributed by atoms with Gasteiger partial charge in [-0.25, -0.2) is 0 Å². The summed E-state index contributed by atoms with van der Waals surface area (Å²) in [6, 6.07) is 6.76. The zero-order valence-electron chi connectivity index (χ0n) is 25.8. The average Bonchev–Trinajstić information content (AvgIpc) is 3.01. The molecule has 10 heteroatoms. The number of fused-ring (bicyclic) bond motifs is 6. The van der Waals surface area contributed by atoms with E-state index in [-0.39, 0.29) is 35.7 Å². The lowest BCUT2D eigenvalue weighted by atomic mass is 9.72. The summed E-state index contributed by atoms with van der Waals surface area (Å²) < 4.78 is 23.3. The van der Waals surface area contributed by atoms with E-state index in [2.05, 4.69) is 0 Å². The maximum atomic E-state index is 14.5. The van der Waals surface area contributed by atoms with E-state index in [1.165, 1.54) is 14.0 Å². The van der Waals surface area contributed by atoms with Crippen molar-refractivity contribution in [3.63, 3.8) is 0 Å². The third kappa shape index (κ3) is 4.01. The second kappa shape index (κ2) is 10.9. The largest absolute Gasteiger partial charge is 0.493 e. The van der Waals surface area contributed by atoms with E-state index in [0.29, 0.717) is 22.8 Å². The maximum absolute atomic E-state index is 14.5. The topological polar surface area (TPSA) is 112 Å². The summed E-state index contributed by atoms with van der Waals surface area (Å²) >= 11 is 0. The Hall–Kier alpha value is -4.54. The molecule has 0 spiro atoms. The van der Waals surface area contributed by atoms with Gasteiger partial charge in [-0.1, -0.05) is 30.3 Å². The number of carbonyl (C=O) groups excluding carboxylic acids is 4. The number of likely N-dealkylation sites (N-methyl/N-ethyl adjacent to an activating group) is 1. The Balaban J connectivity index is 1.58. The van der Waals surface area contributed by atoms with Gasteiger partial charge in [-0.15, -0.1) is 0 Å². The second-order valence-corrected chi connectivity index (χ2v) is 11.4. The lowest BCUT2D eigenvalue weighted by molar-refractivity contribution is -0.150. The molecule has 2 aromatic carbocycles. The van der Waals surface area contributed by atoms with Crippen LogP contribution in [0.4, 0.5) is 0 Å². The fraction of sp³-hybridized carbons (Fsp3) is 0.353. The van der Waals surface area contributed by atoms with Crippen LogP contribution in [-0.4, -0.2) is 80.1 Å². The van der Waals surface area contributed by atoms with E-state index in [9.17, 15) is 19.2 Å². The molecule has 44 heavy (non-hydrogen) atoms. The highest BCUT2D eigenvalue weighted by Gasteiger charge is 2.59. The molecule has 2 unspecified atom stereocenters. The van der Waals surface area contributed by atoms with Crippen LogP contribution in [0, 0.1) is 13.8 Å². The van der Waals surface area contributed by atoms with Crippen molar-refractivity contribution in [3.05, 3.63) is 86.3 Å². The van der Waals surface area contributed by atoms with Gasteiger partial charge in [0.25, 0.3) is 5.91 Å². The summed E-state index contributed by atoms with van der Waals surface area (Å²) in [6.07, 6.45) is 1.86. The number of nitrogens with zero attached hydrogens (tertiary/aromatic N) is 2. The molecule has 0 saturated carbocycles. The Kier molecular flexibility index (Phi) is 7.30. The monoisotopic (exact) mass is 598 g/mol. The van der Waals surface area contributed by atoms with Crippen molar-refractivity contribution >= 4 is 29.3 Å². The minimum atomic E-state index is -1.30. The van der Waals surface area contributed by atoms with E-state index in [1.807, 2.05) is 50.3 Å². The van der Waals surface area contributed by atoms with Crippen molar-refractivity contribution in [1.29, 1.82) is 0 Å². The first-order chi connectivity index (χ1) is 21.1. The highest BCUT2D eigenvalue weighted by atomic mass is 16.5. The number of rotatable bonds is 7. The number of hydrogen-bond donors (Lipinski definition) is 0. The number of ether oxygens (including phenoxy) is 4. The Morgan fingerprint density at radius 3 is 2.14 bits per heavy atom. The first-order valence-corrected chi connectivity index (χ1v) is 14.3. The Morgan fingerprint density at radius 2 is 1.50 bits per heavy atom. The summed E-state index contributed by atoms with van der Waals surface area (Å²) in [5.41, 5.74) is 4.49. The lowest BCUT2D eigenvalue weighted by Gasteiger charge is -2.53. The van der Waals surface area contributed by atoms with Gasteiger partial charge in [0.2, 0.25) is 5.78 Å². The predicted octanol–water partition coefficient (Wildman–Crippen LogP) is 3.40. The van der Waals surface area contributed by atoms with E-state index >= 15 is 0 Å². The minimum absolute atomic E-state index is 0.0206. The molecule has 0 radical (unpaired) electrons. The van der Waals surface area contributed by atoms with Crippen molar-refractivity contribution in [3.8, 4) is 11.5 Å². The maximum Gasteiger partial charge on any atom is 0.252 e.